The smallest absolute Gasteiger partial charge is 0.266 e. The van der Waals surface area contributed by atoms with Crippen molar-refractivity contribution in [2.24, 2.45) is 0 Å². The van der Waals surface area contributed by atoms with Gasteiger partial charge in [0.2, 0.25) is 0 Å². The van der Waals surface area contributed by atoms with Crippen LogP contribution in [0.15, 0.2) is 41.7 Å². The zero-order valence-corrected chi connectivity index (χ0v) is 10.7. The van der Waals surface area contributed by atoms with Gasteiger partial charge < -0.3 is 0 Å². The zero-order valence-electron chi connectivity index (χ0n) is 8.51. The number of nitrogens with zero attached hydrogens (tertiary/aromatic N) is 3. The Morgan fingerprint density at radius 2 is 2.25 bits per heavy atom. The lowest BCUT2D eigenvalue weighted by atomic mass is 10.3. The minimum absolute atomic E-state index is 0.00605. The molecule has 0 aliphatic heterocycles. The number of pyridine rings is 1. The van der Waals surface area contributed by atoms with E-state index in [2.05, 4.69) is 9.97 Å². The lowest BCUT2D eigenvalue weighted by Crippen LogP contribution is -2.23. The fourth-order valence-electron chi connectivity index (χ4n) is 1.36. The molecule has 0 N–H and O–H groups in total. The topological polar surface area (TPSA) is 47.8 Å². The first kappa shape index (κ1) is 11.3. The maximum absolute atomic E-state index is 11.7. The zero-order chi connectivity index (χ0) is 11.4. The first-order valence-electron chi connectivity index (χ1n) is 4.87. The van der Waals surface area contributed by atoms with Crippen LogP contribution in [0.25, 0.3) is 0 Å². The largest absolute Gasteiger partial charge is 0.298 e. The van der Waals surface area contributed by atoms with Crippen LogP contribution in [0, 0.1) is 3.57 Å². The minimum atomic E-state index is 0.00605. The van der Waals surface area contributed by atoms with Crippen molar-refractivity contribution >= 4 is 22.6 Å². The Morgan fingerprint density at radius 1 is 1.38 bits per heavy atom. The molecule has 0 saturated carbocycles. The van der Waals surface area contributed by atoms with E-state index in [-0.39, 0.29) is 5.56 Å². The van der Waals surface area contributed by atoms with Crippen molar-refractivity contribution in [2.45, 2.75) is 13.0 Å². The maximum atomic E-state index is 11.7. The second-order valence-corrected chi connectivity index (χ2v) is 4.47. The predicted octanol–water partition coefficient (Wildman–Crippen LogP) is 1.49. The lowest BCUT2D eigenvalue weighted by molar-refractivity contribution is 0.643. The SMILES string of the molecule is O=c1c(I)cncn1CCc1ccccn1. The Bertz CT molecular complexity index is 524. The van der Waals surface area contributed by atoms with Crippen LogP contribution in [-0.4, -0.2) is 14.5 Å². The van der Waals surface area contributed by atoms with Crippen molar-refractivity contribution in [2.75, 3.05) is 0 Å². The van der Waals surface area contributed by atoms with Crippen molar-refractivity contribution in [3.05, 3.63) is 56.5 Å². The van der Waals surface area contributed by atoms with Crippen molar-refractivity contribution in [3.8, 4) is 0 Å². The summed E-state index contributed by atoms with van der Waals surface area (Å²) >= 11 is 1.99. The summed E-state index contributed by atoms with van der Waals surface area (Å²) in [5.41, 5.74) is 0.986. The molecule has 0 unspecified atom stereocenters. The molecule has 5 heteroatoms. The standard InChI is InChI=1S/C11H10IN3O/c12-10-7-13-8-15(11(10)16)6-4-9-3-1-2-5-14-9/h1-3,5,7-8H,4,6H2. The van der Waals surface area contributed by atoms with E-state index in [1.807, 2.05) is 40.8 Å². The average molecular weight is 327 g/mol. The molecule has 2 rings (SSSR count). The minimum Gasteiger partial charge on any atom is -0.298 e. The van der Waals surface area contributed by atoms with Crippen molar-refractivity contribution in [1.29, 1.82) is 0 Å². The van der Waals surface area contributed by atoms with Crippen molar-refractivity contribution < 1.29 is 0 Å². The summed E-state index contributed by atoms with van der Waals surface area (Å²) in [6.07, 6.45) is 5.63. The summed E-state index contributed by atoms with van der Waals surface area (Å²) < 4.78 is 2.25. The highest BCUT2D eigenvalue weighted by Gasteiger charge is 2.01. The van der Waals surface area contributed by atoms with Gasteiger partial charge in [-0.05, 0) is 34.7 Å². The highest BCUT2D eigenvalue weighted by Crippen LogP contribution is 1.98. The molecule has 82 valence electrons. The molecular weight excluding hydrogens is 317 g/mol. The van der Waals surface area contributed by atoms with E-state index in [1.54, 1.807) is 23.3 Å². The number of halogens is 1. The fraction of sp³-hybridized carbons (Fsp3) is 0.182. The van der Waals surface area contributed by atoms with Crippen LogP contribution in [0.5, 0.6) is 0 Å². The molecule has 0 fully saturated rings. The molecule has 0 aromatic carbocycles. The summed E-state index contributed by atoms with van der Waals surface area (Å²) in [6.45, 7) is 0.611. The Hall–Kier alpha value is -1.24. The van der Waals surface area contributed by atoms with Crippen LogP contribution in [0.2, 0.25) is 0 Å². The van der Waals surface area contributed by atoms with Gasteiger partial charge in [0.1, 0.15) is 0 Å². The molecule has 0 amide bonds. The van der Waals surface area contributed by atoms with E-state index in [0.717, 1.165) is 12.1 Å². The molecule has 16 heavy (non-hydrogen) atoms. The van der Waals surface area contributed by atoms with E-state index < -0.39 is 0 Å². The molecule has 2 aromatic heterocycles. The quantitative estimate of drug-likeness (QED) is 0.803. The van der Waals surface area contributed by atoms with E-state index in [1.165, 1.54) is 0 Å². The molecule has 0 aliphatic rings. The summed E-state index contributed by atoms with van der Waals surface area (Å²) in [6, 6.07) is 5.77. The van der Waals surface area contributed by atoms with Gasteiger partial charge in [-0.15, -0.1) is 0 Å². The van der Waals surface area contributed by atoms with Gasteiger partial charge in [0.05, 0.1) is 9.90 Å². The van der Waals surface area contributed by atoms with Crippen molar-refractivity contribution in [1.82, 2.24) is 14.5 Å². The summed E-state index contributed by atoms with van der Waals surface area (Å²) in [5.74, 6) is 0. The van der Waals surface area contributed by atoms with Crippen molar-refractivity contribution in [3.63, 3.8) is 0 Å². The van der Waals surface area contributed by atoms with Gasteiger partial charge in [-0.2, -0.15) is 0 Å². The van der Waals surface area contributed by atoms with Gasteiger partial charge >= 0.3 is 0 Å². The second kappa shape index (κ2) is 5.20. The van der Waals surface area contributed by atoms with E-state index in [4.69, 9.17) is 0 Å². The van der Waals surface area contributed by atoms with E-state index >= 15 is 0 Å². The van der Waals surface area contributed by atoms with Crippen LogP contribution < -0.4 is 5.56 Å². The van der Waals surface area contributed by atoms with E-state index in [0.29, 0.717) is 10.1 Å². The van der Waals surface area contributed by atoms with Crippen LogP contribution in [0.1, 0.15) is 5.69 Å². The molecule has 0 atom stereocenters. The molecule has 0 radical (unpaired) electrons. The fourth-order valence-corrected chi connectivity index (χ4v) is 1.84. The molecule has 0 spiro atoms. The molecule has 2 aromatic rings. The third-order valence-corrected chi connectivity index (χ3v) is 2.93. The molecule has 2 heterocycles. The van der Waals surface area contributed by atoms with E-state index in [9.17, 15) is 4.79 Å². The molecule has 0 aliphatic carbocycles. The molecule has 0 bridgehead atoms. The van der Waals surface area contributed by atoms with Gasteiger partial charge in [-0.1, -0.05) is 6.07 Å². The second-order valence-electron chi connectivity index (χ2n) is 3.31. The summed E-state index contributed by atoms with van der Waals surface area (Å²) in [5, 5.41) is 0. The number of aromatic nitrogens is 3. The Balaban J connectivity index is 2.11. The van der Waals surface area contributed by atoms with Gasteiger partial charge in [-0.25, -0.2) is 4.98 Å². The number of hydrogen-bond donors (Lipinski definition) is 0. The Labute approximate surface area is 107 Å². The third-order valence-electron chi connectivity index (χ3n) is 2.19. The predicted molar refractivity (Wildman–Crippen MR) is 69.2 cm³/mol. The first-order chi connectivity index (χ1) is 7.77. The molecule has 4 nitrogen and oxygen atoms in total. The summed E-state index contributed by atoms with van der Waals surface area (Å²) in [7, 11) is 0. The Kier molecular flexibility index (Phi) is 3.66. The van der Waals surface area contributed by atoms with Gasteiger partial charge in [-0.3, -0.25) is 14.3 Å². The number of aryl methyl sites for hydroxylation is 2. The molecule has 0 saturated heterocycles. The maximum Gasteiger partial charge on any atom is 0.266 e. The van der Waals surface area contributed by atoms with Gasteiger partial charge in [0.15, 0.2) is 0 Å². The lowest BCUT2D eigenvalue weighted by Gasteiger charge is -2.04. The number of rotatable bonds is 3. The highest BCUT2D eigenvalue weighted by molar-refractivity contribution is 14.1. The number of hydrogen-bond acceptors (Lipinski definition) is 3. The third kappa shape index (κ3) is 2.66. The highest BCUT2D eigenvalue weighted by atomic mass is 127. The van der Waals surface area contributed by atoms with Gasteiger partial charge in [0.25, 0.3) is 5.56 Å². The summed E-state index contributed by atoms with van der Waals surface area (Å²) in [4.78, 5) is 19.9. The Morgan fingerprint density at radius 3 is 3.00 bits per heavy atom. The van der Waals surface area contributed by atoms with Crippen LogP contribution in [-0.2, 0) is 13.0 Å². The molecular formula is C11H10IN3O. The average Bonchev–Trinajstić information content (AvgIpc) is 2.32. The van der Waals surface area contributed by atoms with Crippen LogP contribution >= 0.6 is 22.6 Å². The first-order valence-corrected chi connectivity index (χ1v) is 5.95. The monoisotopic (exact) mass is 327 g/mol. The normalized spacial score (nSPS) is 10.3. The van der Waals surface area contributed by atoms with Crippen LogP contribution in [0.3, 0.4) is 0 Å². The van der Waals surface area contributed by atoms with Crippen LogP contribution in [0.4, 0.5) is 0 Å². The van der Waals surface area contributed by atoms with Gasteiger partial charge in [0, 0.05) is 31.1 Å².